The standard InChI is InChI=1S/C4H5BN2O3/c8-4-6-2-1-3(7-4)5(9)10/h1-2,9-10H,(H,6,7,8). The van der Waals surface area contributed by atoms with Gasteiger partial charge in [-0.25, -0.2) is 9.78 Å². The van der Waals surface area contributed by atoms with Gasteiger partial charge in [-0.1, -0.05) is 0 Å². The molecule has 1 aromatic rings. The summed E-state index contributed by atoms with van der Waals surface area (Å²) < 4.78 is 0. The predicted octanol–water partition coefficient (Wildman–Crippen LogP) is -2.55. The van der Waals surface area contributed by atoms with Crippen molar-refractivity contribution in [3.63, 3.8) is 0 Å². The molecule has 3 N–H and O–H groups in total. The van der Waals surface area contributed by atoms with Crippen molar-refractivity contribution < 1.29 is 10.0 Å². The molecular formula is C4H5BN2O3. The Labute approximate surface area is 56.5 Å². The van der Waals surface area contributed by atoms with E-state index in [-0.39, 0.29) is 5.59 Å². The van der Waals surface area contributed by atoms with Crippen LogP contribution >= 0.6 is 0 Å². The van der Waals surface area contributed by atoms with E-state index in [1.807, 2.05) is 0 Å². The minimum atomic E-state index is -1.64. The van der Waals surface area contributed by atoms with E-state index in [9.17, 15) is 4.79 Å². The van der Waals surface area contributed by atoms with Crippen LogP contribution in [0.15, 0.2) is 17.1 Å². The number of H-pyrrole nitrogens is 1. The van der Waals surface area contributed by atoms with Crippen molar-refractivity contribution in [3.05, 3.63) is 22.7 Å². The molecule has 0 saturated heterocycles. The Kier molecular flexibility index (Phi) is 1.84. The molecule has 0 spiro atoms. The molecule has 0 radical (unpaired) electrons. The van der Waals surface area contributed by atoms with Crippen molar-refractivity contribution in [2.45, 2.75) is 0 Å². The first kappa shape index (κ1) is 6.98. The molecule has 0 aromatic carbocycles. The van der Waals surface area contributed by atoms with Gasteiger partial charge in [0.15, 0.2) is 0 Å². The van der Waals surface area contributed by atoms with Crippen LogP contribution < -0.4 is 11.3 Å². The first-order chi connectivity index (χ1) is 4.70. The number of rotatable bonds is 1. The third kappa shape index (κ3) is 1.43. The highest BCUT2D eigenvalue weighted by molar-refractivity contribution is 6.57. The Hall–Kier alpha value is -1.14. The first-order valence-electron chi connectivity index (χ1n) is 2.61. The lowest BCUT2D eigenvalue weighted by molar-refractivity contribution is 0.424. The van der Waals surface area contributed by atoms with Gasteiger partial charge >= 0.3 is 12.8 Å². The van der Waals surface area contributed by atoms with Crippen LogP contribution in [0.1, 0.15) is 0 Å². The number of hydrogen-bond donors (Lipinski definition) is 3. The van der Waals surface area contributed by atoms with Crippen molar-refractivity contribution in [2.24, 2.45) is 0 Å². The number of aromatic nitrogens is 2. The molecule has 0 unspecified atom stereocenters. The molecule has 1 rings (SSSR count). The Bertz CT molecular complexity index is 271. The Morgan fingerprint density at radius 3 is 2.70 bits per heavy atom. The van der Waals surface area contributed by atoms with Crippen LogP contribution in [-0.4, -0.2) is 27.1 Å². The largest absolute Gasteiger partial charge is 0.505 e. The van der Waals surface area contributed by atoms with Gasteiger partial charge in [-0.05, 0) is 6.07 Å². The fourth-order valence-corrected chi connectivity index (χ4v) is 0.533. The summed E-state index contributed by atoms with van der Waals surface area (Å²) in [5.74, 6) is 0. The van der Waals surface area contributed by atoms with Gasteiger partial charge < -0.3 is 15.0 Å². The molecule has 6 heteroatoms. The SMILES string of the molecule is O=c1nccc(B(O)O)[nH]1. The van der Waals surface area contributed by atoms with Crippen molar-refractivity contribution in [3.8, 4) is 0 Å². The van der Waals surface area contributed by atoms with Gasteiger partial charge in [-0.2, -0.15) is 0 Å². The molecule has 0 fully saturated rings. The van der Waals surface area contributed by atoms with Crippen LogP contribution in [0.5, 0.6) is 0 Å². The topological polar surface area (TPSA) is 86.2 Å². The second-order valence-electron chi connectivity index (χ2n) is 1.70. The van der Waals surface area contributed by atoms with Crippen LogP contribution in [0, 0.1) is 0 Å². The van der Waals surface area contributed by atoms with Gasteiger partial charge in [0, 0.05) is 6.20 Å². The monoisotopic (exact) mass is 140 g/mol. The predicted molar refractivity (Wildman–Crippen MR) is 34.7 cm³/mol. The average Bonchev–Trinajstić information content (AvgIpc) is 1.88. The zero-order chi connectivity index (χ0) is 7.56. The van der Waals surface area contributed by atoms with E-state index in [0.717, 1.165) is 0 Å². The van der Waals surface area contributed by atoms with Crippen molar-refractivity contribution in [1.29, 1.82) is 0 Å². The minimum Gasteiger partial charge on any atom is -0.422 e. The molecule has 1 heterocycles. The maximum atomic E-state index is 10.4. The van der Waals surface area contributed by atoms with Gasteiger partial charge in [0.25, 0.3) is 0 Å². The van der Waals surface area contributed by atoms with Gasteiger partial charge in [0.1, 0.15) is 0 Å². The molecule has 0 atom stereocenters. The van der Waals surface area contributed by atoms with Gasteiger partial charge in [-0.3, -0.25) is 0 Å². The molecule has 52 valence electrons. The van der Waals surface area contributed by atoms with Gasteiger partial charge in [0.05, 0.1) is 5.59 Å². The highest BCUT2D eigenvalue weighted by atomic mass is 16.4. The lowest BCUT2D eigenvalue weighted by Gasteiger charge is -1.94. The van der Waals surface area contributed by atoms with Gasteiger partial charge in [0.2, 0.25) is 0 Å². The lowest BCUT2D eigenvalue weighted by Crippen LogP contribution is -2.36. The smallest absolute Gasteiger partial charge is 0.422 e. The fourth-order valence-electron chi connectivity index (χ4n) is 0.533. The average molecular weight is 140 g/mol. The summed E-state index contributed by atoms with van der Waals surface area (Å²) in [7, 11) is -1.64. The molecule has 0 aliphatic carbocycles. The molecular weight excluding hydrogens is 135 g/mol. The third-order valence-corrected chi connectivity index (χ3v) is 0.975. The van der Waals surface area contributed by atoms with Crippen molar-refractivity contribution >= 4 is 12.7 Å². The summed E-state index contributed by atoms with van der Waals surface area (Å²) in [5.41, 5.74) is -0.550. The molecule has 10 heavy (non-hydrogen) atoms. The number of hydrogen-bond acceptors (Lipinski definition) is 4. The second-order valence-corrected chi connectivity index (χ2v) is 1.70. The van der Waals surface area contributed by atoms with Crippen LogP contribution in [0.2, 0.25) is 0 Å². The summed E-state index contributed by atoms with van der Waals surface area (Å²) in [6.07, 6.45) is 1.20. The van der Waals surface area contributed by atoms with Gasteiger partial charge in [-0.15, -0.1) is 0 Å². The van der Waals surface area contributed by atoms with E-state index in [1.165, 1.54) is 12.3 Å². The summed E-state index contributed by atoms with van der Waals surface area (Å²) in [5, 5.41) is 17.0. The maximum absolute atomic E-state index is 10.4. The van der Waals surface area contributed by atoms with E-state index in [0.29, 0.717) is 0 Å². The molecule has 0 aliphatic heterocycles. The zero-order valence-electron chi connectivity index (χ0n) is 4.98. The Morgan fingerprint density at radius 1 is 1.60 bits per heavy atom. The highest BCUT2D eigenvalue weighted by Gasteiger charge is 2.10. The van der Waals surface area contributed by atoms with Crippen LogP contribution in [0.25, 0.3) is 0 Å². The summed E-state index contributed by atoms with van der Waals surface area (Å²) in [6, 6.07) is 1.31. The molecule has 1 aromatic heterocycles. The molecule has 0 saturated carbocycles. The summed E-state index contributed by atoms with van der Waals surface area (Å²) >= 11 is 0. The van der Waals surface area contributed by atoms with Crippen LogP contribution in [-0.2, 0) is 0 Å². The molecule has 0 amide bonds. The van der Waals surface area contributed by atoms with Crippen LogP contribution in [0.3, 0.4) is 0 Å². The van der Waals surface area contributed by atoms with E-state index < -0.39 is 12.8 Å². The Balaban J connectivity index is 3.07. The number of aromatic amines is 1. The summed E-state index contributed by atoms with van der Waals surface area (Å²) in [6.45, 7) is 0. The fraction of sp³-hybridized carbons (Fsp3) is 0. The molecule has 0 aliphatic rings. The number of nitrogens with zero attached hydrogens (tertiary/aromatic N) is 1. The van der Waals surface area contributed by atoms with Crippen molar-refractivity contribution in [1.82, 2.24) is 9.97 Å². The Morgan fingerprint density at radius 2 is 2.30 bits per heavy atom. The number of nitrogens with one attached hydrogen (secondary N) is 1. The summed E-state index contributed by atoms with van der Waals surface area (Å²) in [4.78, 5) is 15.8. The molecule has 0 bridgehead atoms. The zero-order valence-corrected chi connectivity index (χ0v) is 4.98. The van der Waals surface area contributed by atoms with Crippen molar-refractivity contribution in [2.75, 3.05) is 0 Å². The second kappa shape index (κ2) is 2.63. The third-order valence-electron chi connectivity index (χ3n) is 0.975. The quantitative estimate of drug-likeness (QED) is 0.374. The lowest BCUT2D eigenvalue weighted by atomic mass is 9.86. The minimum absolute atomic E-state index is 0.0417. The molecule has 5 nitrogen and oxygen atoms in total. The maximum Gasteiger partial charge on any atom is 0.505 e. The van der Waals surface area contributed by atoms with E-state index in [2.05, 4.69) is 9.97 Å². The first-order valence-corrected chi connectivity index (χ1v) is 2.61. The van der Waals surface area contributed by atoms with E-state index in [4.69, 9.17) is 10.0 Å². The van der Waals surface area contributed by atoms with E-state index >= 15 is 0 Å². The van der Waals surface area contributed by atoms with Crippen LogP contribution in [0.4, 0.5) is 0 Å². The van der Waals surface area contributed by atoms with E-state index in [1.54, 1.807) is 0 Å². The highest BCUT2D eigenvalue weighted by Crippen LogP contribution is 1.68. The normalized spacial score (nSPS) is 9.40.